The smallest absolute Gasteiger partial charge is 0.0934 e. The van der Waals surface area contributed by atoms with Crippen LogP contribution in [0.4, 0.5) is 0 Å². The molecule has 0 aliphatic heterocycles. The first-order valence-electron chi connectivity index (χ1n) is 6.00. The van der Waals surface area contributed by atoms with Crippen molar-refractivity contribution in [3.05, 3.63) is 40.5 Å². The van der Waals surface area contributed by atoms with Gasteiger partial charge in [-0.1, -0.05) is 25.1 Å². The van der Waals surface area contributed by atoms with Crippen molar-refractivity contribution >= 4 is 11.3 Å². The maximum Gasteiger partial charge on any atom is 0.0934 e. The van der Waals surface area contributed by atoms with Gasteiger partial charge in [0.2, 0.25) is 0 Å². The predicted molar refractivity (Wildman–Crippen MR) is 74.2 cm³/mol. The summed E-state index contributed by atoms with van der Waals surface area (Å²) in [6, 6.07) is 8.43. The standard InChI is InChI=1S/C14H18N2S/c1-3-5-13-16-10(2)14(17-13)12-7-4-6-11(8-12)9-15/h4,6-8H,3,5,9,15H2,1-2H3. The van der Waals surface area contributed by atoms with Crippen molar-refractivity contribution in [2.75, 3.05) is 0 Å². The van der Waals surface area contributed by atoms with E-state index in [0.29, 0.717) is 6.54 Å². The largest absolute Gasteiger partial charge is 0.326 e. The SMILES string of the molecule is CCCc1nc(C)c(-c2cccc(CN)c2)s1. The maximum absolute atomic E-state index is 5.68. The molecule has 0 fully saturated rings. The Bertz CT molecular complexity index is 503. The minimum absolute atomic E-state index is 0.591. The van der Waals surface area contributed by atoms with Crippen LogP contribution in [-0.4, -0.2) is 4.98 Å². The zero-order valence-electron chi connectivity index (χ0n) is 10.4. The van der Waals surface area contributed by atoms with Gasteiger partial charge in [0.05, 0.1) is 15.6 Å². The lowest BCUT2D eigenvalue weighted by Crippen LogP contribution is -1.95. The normalized spacial score (nSPS) is 10.8. The van der Waals surface area contributed by atoms with Crippen LogP contribution < -0.4 is 5.73 Å². The second-order valence-electron chi connectivity index (χ2n) is 4.18. The Balaban J connectivity index is 2.37. The second-order valence-corrected chi connectivity index (χ2v) is 5.26. The van der Waals surface area contributed by atoms with E-state index in [9.17, 15) is 0 Å². The van der Waals surface area contributed by atoms with E-state index in [1.54, 1.807) is 11.3 Å². The highest BCUT2D eigenvalue weighted by Crippen LogP contribution is 2.30. The zero-order chi connectivity index (χ0) is 12.3. The summed E-state index contributed by atoms with van der Waals surface area (Å²) in [7, 11) is 0. The van der Waals surface area contributed by atoms with Crippen molar-refractivity contribution in [2.45, 2.75) is 33.2 Å². The Morgan fingerprint density at radius 2 is 2.18 bits per heavy atom. The van der Waals surface area contributed by atoms with Gasteiger partial charge in [0.25, 0.3) is 0 Å². The van der Waals surface area contributed by atoms with Crippen LogP contribution in [0.25, 0.3) is 10.4 Å². The van der Waals surface area contributed by atoms with E-state index < -0.39 is 0 Å². The molecular formula is C14H18N2S. The molecule has 0 saturated carbocycles. The lowest BCUT2D eigenvalue weighted by Gasteiger charge is -2.01. The van der Waals surface area contributed by atoms with Gasteiger partial charge in [-0.05, 0) is 37.0 Å². The summed E-state index contributed by atoms with van der Waals surface area (Å²) in [5, 5.41) is 1.23. The third kappa shape index (κ3) is 2.73. The van der Waals surface area contributed by atoms with E-state index in [0.717, 1.165) is 18.5 Å². The topological polar surface area (TPSA) is 38.9 Å². The highest BCUT2D eigenvalue weighted by atomic mass is 32.1. The average Bonchev–Trinajstić information content (AvgIpc) is 2.71. The van der Waals surface area contributed by atoms with E-state index in [1.165, 1.54) is 21.0 Å². The number of thiazole rings is 1. The number of rotatable bonds is 4. The molecule has 1 aromatic heterocycles. The van der Waals surface area contributed by atoms with Crippen LogP contribution in [0.2, 0.25) is 0 Å². The van der Waals surface area contributed by atoms with Gasteiger partial charge in [0.1, 0.15) is 0 Å². The quantitative estimate of drug-likeness (QED) is 0.896. The van der Waals surface area contributed by atoms with Crippen LogP contribution in [0, 0.1) is 6.92 Å². The van der Waals surface area contributed by atoms with Crippen LogP contribution in [0.3, 0.4) is 0 Å². The van der Waals surface area contributed by atoms with Crippen molar-refractivity contribution in [3.8, 4) is 10.4 Å². The molecule has 0 atom stereocenters. The predicted octanol–water partition coefficient (Wildman–Crippen LogP) is 3.53. The molecular weight excluding hydrogens is 228 g/mol. The Morgan fingerprint density at radius 1 is 1.35 bits per heavy atom. The molecule has 1 aromatic carbocycles. The Hall–Kier alpha value is -1.19. The van der Waals surface area contributed by atoms with Crippen molar-refractivity contribution in [2.24, 2.45) is 5.73 Å². The average molecular weight is 246 g/mol. The van der Waals surface area contributed by atoms with Gasteiger partial charge in [0.15, 0.2) is 0 Å². The summed E-state index contributed by atoms with van der Waals surface area (Å²) in [6.07, 6.45) is 2.22. The first-order valence-corrected chi connectivity index (χ1v) is 6.82. The van der Waals surface area contributed by atoms with Gasteiger partial charge in [0, 0.05) is 6.54 Å². The van der Waals surface area contributed by atoms with Crippen LogP contribution >= 0.6 is 11.3 Å². The Morgan fingerprint density at radius 3 is 2.88 bits per heavy atom. The molecule has 2 rings (SSSR count). The minimum atomic E-state index is 0.591. The zero-order valence-corrected chi connectivity index (χ0v) is 11.2. The van der Waals surface area contributed by atoms with E-state index in [1.807, 2.05) is 0 Å². The Labute approximate surface area is 107 Å². The van der Waals surface area contributed by atoms with E-state index in [2.05, 4.69) is 43.1 Å². The molecule has 0 spiro atoms. The highest BCUT2D eigenvalue weighted by molar-refractivity contribution is 7.15. The van der Waals surface area contributed by atoms with Crippen molar-refractivity contribution < 1.29 is 0 Å². The maximum atomic E-state index is 5.68. The number of benzene rings is 1. The number of hydrogen-bond donors (Lipinski definition) is 1. The molecule has 0 amide bonds. The Kier molecular flexibility index (Phi) is 3.92. The molecule has 3 heteroatoms. The van der Waals surface area contributed by atoms with Gasteiger partial charge in [-0.25, -0.2) is 4.98 Å². The van der Waals surface area contributed by atoms with Crippen molar-refractivity contribution in [3.63, 3.8) is 0 Å². The molecule has 0 bridgehead atoms. The molecule has 0 unspecified atom stereocenters. The van der Waals surface area contributed by atoms with Crippen LogP contribution in [0.1, 0.15) is 29.6 Å². The lowest BCUT2D eigenvalue weighted by molar-refractivity contribution is 0.903. The third-order valence-electron chi connectivity index (χ3n) is 2.73. The highest BCUT2D eigenvalue weighted by Gasteiger charge is 2.09. The molecule has 0 saturated heterocycles. The molecule has 0 aliphatic rings. The van der Waals surface area contributed by atoms with Gasteiger partial charge in [-0.2, -0.15) is 0 Å². The molecule has 90 valence electrons. The summed E-state index contributed by atoms with van der Waals surface area (Å²) >= 11 is 1.80. The van der Waals surface area contributed by atoms with E-state index in [4.69, 9.17) is 5.73 Å². The summed E-state index contributed by atoms with van der Waals surface area (Å²) < 4.78 is 0. The van der Waals surface area contributed by atoms with E-state index >= 15 is 0 Å². The summed E-state index contributed by atoms with van der Waals surface area (Å²) in [5.41, 5.74) is 9.22. The molecule has 2 nitrogen and oxygen atoms in total. The monoisotopic (exact) mass is 246 g/mol. The number of hydrogen-bond acceptors (Lipinski definition) is 3. The fourth-order valence-corrected chi connectivity index (χ4v) is 3.04. The number of aryl methyl sites for hydroxylation is 2. The summed E-state index contributed by atoms with van der Waals surface area (Å²) in [6.45, 7) is 4.86. The van der Waals surface area contributed by atoms with Crippen molar-refractivity contribution in [1.29, 1.82) is 0 Å². The molecule has 1 heterocycles. The summed E-state index contributed by atoms with van der Waals surface area (Å²) in [4.78, 5) is 5.90. The van der Waals surface area contributed by atoms with Gasteiger partial charge in [-0.15, -0.1) is 11.3 Å². The second kappa shape index (κ2) is 5.43. The molecule has 0 radical (unpaired) electrons. The van der Waals surface area contributed by atoms with Gasteiger partial charge < -0.3 is 5.73 Å². The van der Waals surface area contributed by atoms with Crippen molar-refractivity contribution in [1.82, 2.24) is 4.98 Å². The van der Waals surface area contributed by atoms with Crippen LogP contribution in [0.5, 0.6) is 0 Å². The molecule has 0 aliphatic carbocycles. The fraction of sp³-hybridized carbons (Fsp3) is 0.357. The molecule has 2 N–H and O–H groups in total. The fourth-order valence-electron chi connectivity index (χ4n) is 1.88. The third-order valence-corrected chi connectivity index (χ3v) is 4.00. The molecule has 2 aromatic rings. The lowest BCUT2D eigenvalue weighted by atomic mass is 10.1. The van der Waals surface area contributed by atoms with Gasteiger partial charge in [-0.3, -0.25) is 0 Å². The van der Waals surface area contributed by atoms with Crippen LogP contribution in [-0.2, 0) is 13.0 Å². The number of aromatic nitrogens is 1. The molecule has 17 heavy (non-hydrogen) atoms. The number of nitrogens with zero attached hydrogens (tertiary/aromatic N) is 1. The first-order chi connectivity index (χ1) is 8.24. The van der Waals surface area contributed by atoms with Gasteiger partial charge >= 0.3 is 0 Å². The van der Waals surface area contributed by atoms with Crippen LogP contribution in [0.15, 0.2) is 24.3 Å². The minimum Gasteiger partial charge on any atom is -0.326 e. The first kappa shape index (κ1) is 12.3. The van der Waals surface area contributed by atoms with E-state index in [-0.39, 0.29) is 0 Å². The summed E-state index contributed by atoms with van der Waals surface area (Å²) in [5.74, 6) is 0. The number of nitrogens with two attached hydrogens (primary N) is 1.